The summed E-state index contributed by atoms with van der Waals surface area (Å²) >= 11 is 0. The maximum absolute atomic E-state index is 13.8. The first-order valence-corrected chi connectivity index (χ1v) is 12.7. The molecule has 186 valence electrons. The molecule has 2 heterocycles. The molecule has 8 heteroatoms. The molecular weight excluding hydrogens is 432 g/mol. The summed E-state index contributed by atoms with van der Waals surface area (Å²) < 4.78 is 0. The number of rotatable bonds is 5. The highest BCUT2D eigenvalue weighted by Crippen LogP contribution is 2.62. The summed E-state index contributed by atoms with van der Waals surface area (Å²) in [6.07, 6.45) is 2.74. The average Bonchev–Trinajstić information content (AvgIpc) is 2.99. The Kier molecular flexibility index (Phi) is 5.50. The number of hydrogen-bond donors (Lipinski definition) is 2. The number of piperidine rings is 1. The number of aliphatic hydroxyl groups is 1. The fraction of sp³-hybridized carbons (Fsp3) is 0.692. The molecule has 3 amide bonds. The van der Waals surface area contributed by atoms with Gasteiger partial charge in [-0.2, -0.15) is 0 Å². The third-order valence-electron chi connectivity index (χ3n) is 9.27. The van der Waals surface area contributed by atoms with E-state index < -0.39 is 16.6 Å². The summed E-state index contributed by atoms with van der Waals surface area (Å²) in [6.45, 7) is 7.18. The van der Waals surface area contributed by atoms with Crippen molar-refractivity contribution < 1.29 is 19.8 Å². The highest BCUT2D eigenvalue weighted by molar-refractivity contribution is 6.07. The Morgan fingerprint density at radius 1 is 1.12 bits per heavy atom. The number of benzene rings is 1. The Balaban J connectivity index is 1.64. The number of imide groups is 1. The van der Waals surface area contributed by atoms with Crippen molar-refractivity contribution >= 4 is 11.9 Å². The van der Waals surface area contributed by atoms with Gasteiger partial charge >= 0.3 is 6.03 Å². The van der Waals surface area contributed by atoms with Crippen LogP contribution in [-0.2, 0) is 16.6 Å². The molecule has 4 atom stereocenters. The van der Waals surface area contributed by atoms with Gasteiger partial charge < -0.3 is 20.0 Å². The number of phenolic OH excluding ortho intramolecular Hbond substituents is 1. The van der Waals surface area contributed by atoms with Gasteiger partial charge in [0.05, 0.1) is 5.60 Å². The number of amides is 3. The van der Waals surface area contributed by atoms with Crippen LogP contribution >= 0.6 is 0 Å². The van der Waals surface area contributed by atoms with Crippen molar-refractivity contribution in [2.24, 2.45) is 0 Å². The molecule has 1 spiro atoms. The minimum Gasteiger partial charge on any atom is -0.508 e. The topological polar surface area (TPSA) is 87.6 Å². The van der Waals surface area contributed by atoms with Gasteiger partial charge in [0.2, 0.25) is 0 Å². The summed E-state index contributed by atoms with van der Waals surface area (Å²) in [6, 6.07) is 5.23. The van der Waals surface area contributed by atoms with Gasteiger partial charge in [-0.05, 0) is 89.9 Å². The summed E-state index contributed by atoms with van der Waals surface area (Å²) in [5, 5.41) is 23.0. The third-order valence-corrected chi connectivity index (χ3v) is 9.27. The largest absolute Gasteiger partial charge is 0.508 e. The van der Waals surface area contributed by atoms with Crippen molar-refractivity contribution in [3.05, 3.63) is 29.3 Å². The van der Waals surface area contributed by atoms with E-state index in [2.05, 4.69) is 23.9 Å². The lowest BCUT2D eigenvalue weighted by Gasteiger charge is -2.66. The van der Waals surface area contributed by atoms with Gasteiger partial charge in [0.25, 0.3) is 5.91 Å². The van der Waals surface area contributed by atoms with Gasteiger partial charge in [-0.3, -0.25) is 14.6 Å². The summed E-state index contributed by atoms with van der Waals surface area (Å²) in [4.78, 5) is 34.7. The van der Waals surface area contributed by atoms with E-state index in [1.54, 1.807) is 17.0 Å². The number of hydrogen-bond acceptors (Lipinski definition) is 6. The zero-order valence-corrected chi connectivity index (χ0v) is 20.9. The average molecular weight is 471 g/mol. The number of likely N-dealkylation sites (tertiary alicyclic amines) is 1. The van der Waals surface area contributed by atoms with Crippen LogP contribution in [-0.4, -0.2) is 106 Å². The number of urea groups is 1. The predicted molar refractivity (Wildman–Crippen MR) is 129 cm³/mol. The number of likely N-dealkylation sites (N-methyl/N-ethyl adjacent to an activating group) is 3. The van der Waals surface area contributed by atoms with Crippen LogP contribution in [0.15, 0.2) is 18.2 Å². The van der Waals surface area contributed by atoms with Crippen LogP contribution in [0.5, 0.6) is 5.75 Å². The number of fused-ring (bicyclic) bond motifs is 1. The van der Waals surface area contributed by atoms with Crippen molar-refractivity contribution in [3.63, 3.8) is 0 Å². The van der Waals surface area contributed by atoms with Gasteiger partial charge in [0.15, 0.2) is 0 Å². The Labute approximate surface area is 202 Å². The Hall–Kier alpha value is -2.16. The van der Waals surface area contributed by atoms with Crippen molar-refractivity contribution in [1.29, 1.82) is 0 Å². The highest BCUT2D eigenvalue weighted by Gasteiger charge is 2.71. The molecule has 34 heavy (non-hydrogen) atoms. The third kappa shape index (κ3) is 2.94. The first-order chi connectivity index (χ1) is 16.1. The molecule has 0 aromatic heterocycles. The number of phenols is 1. The number of carbonyl (C=O) groups is 2. The van der Waals surface area contributed by atoms with Crippen LogP contribution < -0.4 is 0 Å². The molecule has 2 saturated heterocycles. The standard InChI is InChI=1S/C26H38N4O4/c1-5-29-22(32)25(30(6-2)23(29)33)9-10-26(34)21-15-18-7-8-19(31)16-20(18)24(26,17-25)11-12-28(21)14-13-27(3)4/h7-8,16,21,31,34H,5-6,9-15,17H2,1-4H3. The normalized spacial score (nSPS) is 35.3. The van der Waals surface area contributed by atoms with E-state index in [0.29, 0.717) is 38.8 Å². The van der Waals surface area contributed by atoms with E-state index in [1.165, 1.54) is 4.90 Å². The maximum atomic E-state index is 13.8. The quantitative estimate of drug-likeness (QED) is 0.638. The molecule has 8 nitrogen and oxygen atoms in total. The highest BCUT2D eigenvalue weighted by atomic mass is 16.3. The maximum Gasteiger partial charge on any atom is 0.327 e. The minimum absolute atomic E-state index is 0.0554. The summed E-state index contributed by atoms with van der Waals surface area (Å²) in [7, 11) is 4.13. The molecule has 2 aliphatic heterocycles. The lowest BCUT2D eigenvalue weighted by molar-refractivity contribution is -0.188. The molecule has 5 rings (SSSR count). The lowest BCUT2D eigenvalue weighted by Crippen LogP contribution is -2.76. The molecule has 1 saturated carbocycles. The van der Waals surface area contributed by atoms with Crippen LogP contribution in [0, 0.1) is 0 Å². The monoisotopic (exact) mass is 470 g/mol. The lowest BCUT2D eigenvalue weighted by atomic mass is 9.46. The summed E-state index contributed by atoms with van der Waals surface area (Å²) in [5.41, 5.74) is -0.560. The number of nitrogens with zero attached hydrogens (tertiary/aromatic N) is 4. The molecule has 3 fully saturated rings. The second-order valence-corrected chi connectivity index (χ2v) is 10.9. The Bertz CT molecular complexity index is 1010. The molecule has 4 unspecified atom stereocenters. The van der Waals surface area contributed by atoms with Gasteiger partial charge in [-0.15, -0.1) is 0 Å². The van der Waals surface area contributed by atoms with Crippen LogP contribution in [0.25, 0.3) is 0 Å². The zero-order valence-electron chi connectivity index (χ0n) is 20.9. The first-order valence-electron chi connectivity index (χ1n) is 12.7. The van der Waals surface area contributed by atoms with Crippen LogP contribution in [0.2, 0.25) is 0 Å². The van der Waals surface area contributed by atoms with E-state index in [0.717, 1.165) is 37.2 Å². The molecule has 0 radical (unpaired) electrons. The molecule has 2 N–H and O–H groups in total. The second kappa shape index (κ2) is 7.93. The first kappa shape index (κ1) is 23.6. The SMILES string of the molecule is CCN1C(=O)N(CC)C2(CCC3(O)C4Cc5ccc(O)cc5C3(CCN4CCN(C)C)C2)C1=O. The molecule has 1 aromatic carbocycles. The van der Waals surface area contributed by atoms with Crippen LogP contribution in [0.4, 0.5) is 4.79 Å². The molecular formula is C26H38N4O4. The fourth-order valence-electron chi connectivity index (χ4n) is 7.63. The molecule has 2 aliphatic carbocycles. The smallest absolute Gasteiger partial charge is 0.327 e. The minimum atomic E-state index is -1.02. The predicted octanol–water partition coefficient (Wildman–Crippen LogP) is 1.78. The molecule has 2 bridgehead atoms. The van der Waals surface area contributed by atoms with Crippen molar-refractivity contribution in [3.8, 4) is 5.75 Å². The van der Waals surface area contributed by atoms with Crippen molar-refractivity contribution in [1.82, 2.24) is 19.6 Å². The van der Waals surface area contributed by atoms with Gasteiger partial charge in [-0.25, -0.2) is 4.79 Å². The Morgan fingerprint density at radius 2 is 1.88 bits per heavy atom. The zero-order chi connectivity index (χ0) is 24.5. The molecule has 1 aromatic rings. The number of aromatic hydroxyl groups is 1. The molecule has 4 aliphatic rings. The van der Waals surface area contributed by atoms with Crippen LogP contribution in [0.1, 0.15) is 50.7 Å². The van der Waals surface area contributed by atoms with E-state index in [-0.39, 0.29) is 23.7 Å². The second-order valence-electron chi connectivity index (χ2n) is 10.9. The van der Waals surface area contributed by atoms with E-state index in [4.69, 9.17) is 0 Å². The van der Waals surface area contributed by atoms with Gasteiger partial charge in [0.1, 0.15) is 11.3 Å². The summed E-state index contributed by atoms with van der Waals surface area (Å²) in [5.74, 6) is 0.0529. The van der Waals surface area contributed by atoms with Gasteiger partial charge in [0, 0.05) is 37.6 Å². The van der Waals surface area contributed by atoms with Crippen molar-refractivity contribution in [2.75, 3.05) is 46.8 Å². The van der Waals surface area contributed by atoms with Crippen LogP contribution in [0.3, 0.4) is 0 Å². The van der Waals surface area contributed by atoms with E-state index in [9.17, 15) is 19.8 Å². The number of carbonyl (C=O) groups excluding carboxylic acids is 2. The fourth-order valence-corrected chi connectivity index (χ4v) is 7.63. The van der Waals surface area contributed by atoms with E-state index in [1.807, 2.05) is 19.9 Å². The van der Waals surface area contributed by atoms with Crippen molar-refractivity contribution in [2.45, 2.75) is 68.5 Å². The van der Waals surface area contributed by atoms with Gasteiger partial charge in [-0.1, -0.05) is 6.07 Å². The Morgan fingerprint density at radius 3 is 2.56 bits per heavy atom. The van der Waals surface area contributed by atoms with E-state index >= 15 is 0 Å².